The minimum absolute atomic E-state index is 0.178. The Kier molecular flexibility index (Phi) is 7.55. The van der Waals surface area contributed by atoms with Crippen LogP contribution in [0.4, 0.5) is 0 Å². The van der Waals surface area contributed by atoms with E-state index in [1.54, 1.807) is 0 Å². The van der Waals surface area contributed by atoms with Crippen LogP contribution in [0.5, 0.6) is 0 Å². The van der Waals surface area contributed by atoms with Crippen LogP contribution >= 0.6 is 0 Å². The Bertz CT molecular complexity index is 948. The second-order valence-electron chi connectivity index (χ2n) is 7.07. The number of nitrogens with zero attached hydrogens (tertiary/aromatic N) is 1. The first-order valence-corrected chi connectivity index (χ1v) is 11.9. The van der Waals surface area contributed by atoms with Crippen LogP contribution in [0.3, 0.4) is 0 Å². The van der Waals surface area contributed by atoms with Gasteiger partial charge in [0.05, 0.1) is 20.4 Å². The second kappa shape index (κ2) is 9.33. The van der Waals surface area contributed by atoms with Gasteiger partial charge in [0.2, 0.25) is 10.4 Å². The molecule has 0 radical (unpaired) electrons. The van der Waals surface area contributed by atoms with Crippen molar-refractivity contribution < 1.29 is 34.2 Å². The highest BCUT2D eigenvalue weighted by Gasteiger charge is 2.49. The topological polar surface area (TPSA) is 110 Å². The minimum Gasteiger partial charge on any atom is -0.726 e. The van der Waals surface area contributed by atoms with Gasteiger partial charge in [0.25, 0.3) is 10.1 Å². The van der Waals surface area contributed by atoms with Gasteiger partial charge < -0.3 is 9.04 Å². The van der Waals surface area contributed by atoms with E-state index >= 15 is 0 Å². The van der Waals surface area contributed by atoms with E-state index in [1.807, 2.05) is 36.4 Å². The van der Waals surface area contributed by atoms with Gasteiger partial charge in [-0.25, -0.2) is 8.42 Å². The predicted octanol–water partition coefficient (Wildman–Crippen LogP) is 1.67. The maximum absolute atomic E-state index is 11.3. The molecule has 1 saturated heterocycles. The van der Waals surface area contributed by atoms with Gasteiger partial charge in [-0.05, 0) is 0 Å². The Balaban J connectivity index is 0.000000438. The largest absolute Gasteiger partial charge is 0.726 e. The highest BCUT2D eigenvalue weighted by atomic mass is 32.3. The highest BCUT2D eigenvalue weighted by Crippen LogP contribution is 2.39. The smallest absolute Gasteiger partial charge is 0.265 e. The Labute approximate surface area is 172 Å². The summed E-state index contributed by atoms with van der Waals surface area (Å²) < 4.78 is 59.6. The summed E-state index contributed by atoms with van der Waals surface area (Å²) in [5, 5.41) is 0. The van der Waals surface area contributed by atoms with Crippen LogP contribution in [0.25, 0.3) is 0 Å². The summed E-state index contributed by atoms with van der Waals surface area (Å²) in [5.74, 6) is 0. The lowest BCUT2D eigenvalue weighted by molar-refractivity contribution is -0.976. The van der Waals surface area contributed by atoms with E-state index in [9.17, 15) is 21.4 Å². The zero-order valence-corrected chi connectivity index (χ0v) is 18.1. The quantitative estimate of drug-likeness (QED) is 0.289. The number of hydrogen-bond donors (Lipinski definition) is 0. The molecule has 0 bridgehead atoms. The molecule has 0 saturated carbocycles. The Morgan fingerprint density at radius 1 is 0.931 bits per heavy atom. The molecule has 29 heavy (non-hydrogen) atoms. The lowest BCUT2D eigenvalue weighted by Crippen LogP contribution is -2.66. The van der Waals surface area contributed by atoms with Crippen molar-refractivity contribution >= 4 is 20.5 Å². The first-order chi connectivity index (χ1) is 13.4. The van der Waals surface area contributed by atoms with Crippen molar-refractivity contribution in [3.63, 3.8) is 0 Å². The summed E-state index contributed by atoms with van der Waals surface area (Å²) in [5.41, 5.74) is 2.47. The van der Waals surface area contributed by atoms with Gasteiger partial charge in [-0.2, -0.15) is 8.42 Å². The van der Waals surface area contributed by atoms with E-state index in [2.05, 4.69) is 35.5 Å². The van der Waals surface area contributed by atoms with E-state index in [4.69, 9.17) is 4.18 Å². The molecule has 8 nitrogen and oxygen atoms in total. The number of hydrogen-bond acceptors (Lipinski definition) is 7. The lowest BCUT2D eigenvalue weighted by Gasteiger charge is -2.51. The van der Waals surface area contributed by atoms with Crippen LogP contribution in [0.2, 0.25) is 0 Å². The molecule has 0 atom stereocenters. The molecule has 0 aromatic heterocycles. The Morgan fingerprint density at radius 3 is 1.62 bits per heavy atom. The summed E-state index contributed by atoms with van der Waals surface area (Å²) in [4.78, 5) is 0. The normalized spacial score (nSPS) is 21.8. The maximum Gasteiger partial charge on any atom is 0.265 e. The van der Waals surface area contributed by atoms with Gasteiger partial charge in [0.15, 0.2) is 6.10 Å². The molecular formula is C19H25NO7S2. The molecule has 0 unspecified atom stereocenters. The highest BCUT2D eigenvalue weighted by molar-refractivity contribution is 7.86. The van der Waals surface area contributed by atoms with Crippen molar-refractivity contribution in [2.24, 2.45) is 0 Å². The molecule has 1 aliphatic rings. The molecule has 0 aliphatic carbocycles. The summed E-state index contributed by atoms with van der Waals surface area (Å²) in [7, 11) is -4.84. The van der Waals surface area contributed by atoms with E-state index in [1.165, 1.54) is 11.1 Å². The average Bonchev–Trinajstić information content (AvgIpc) is 2.61. The van der Waals surface area contributed by atoms with Crippen molar-refractivity contribution in [1.82, 2.24) is 0 Å². The van der Waals surface area contributed by atoms with Gasteiger partial charge in [-0.1, -0.05) is 60.7 Å². The second-order valence-corrected chi connectivity index (χ2v) is 9.82. The van der Waals surface area contributed by atoms with E-state index in [-0.39, 0.29) is 12.1 Å². The molecule has 160 valence electrons. The summed E-state index contributed by atoms with van der Waals surface area (Å²) in [6.45, 7) is 1.36. The monoisotopic (exact) mass is 443 g/mol. The van der Waals surface area contributed by atoms with Crippen molar-refractivity contribution in [3.8, 4) is 0 Å². The minimum atomic E-state index is -4.41. The van der Waals surface area contributed by atoms with E-state index in [0.717, 1.165) is 17.8 Å². The molecule has 0 amide bonds. The van der Waals surface area contributed by atoms with E-state index in [0.29, 0.717) is 13.1 Å². The number of likely N-dealkylation sites (N-methyl/N-ethyl adjacent to an activating group) is 1. The fourth-order valence-corrected chi connectivity index (χ4v) is 4.19. The predicted molar refractivity (Wildman–Crippen MR) is 107 cm³/mol. The van der Waals surface area contributed by atoms with Crippen molar-refractivity contribution in [2.75, 3.05) is 33.5 Å². The average molecular weight is 444 g/mol. The molecular weight excluding hydrogens is 418 g/mol. The van der Waals surface area contributed by atoms with Gasteiger partial charge >= 0.3 is 0 Å². The SMILES string of the molecule is COS(=O)(=O)[O-].C[N+]1(C(c2ccccc2)c2ccccc2)CC(OS(C)(=O)=O)C1. The number of quaternary nitrogens is 1. The van der Waals surface area contributed by atoms with Crippen LogP contribution in [0, 0.1) is 0 Å². The molecule has 3 rings (SSSR count). The third kappa shape index (κ3) is 7.18. The van der Waals surface area contributed by atoms with Gasteiger partial charge in [-0.3, -0.25) is 8.37 Å². The Morgan fingerprint density at radius 2 is 1.31 bits per heavy atom. The fourth-order valence-electron chi connectivity index (χ4n) is 3.58. The number of rotatable bonds is 6. The summed E-state index contributed by atoms with van der Waals surface area (Å²) in [6, 6.07) is 20.9. The maximum atomic E-state index is 11.3. The van der Waals surface area contributed by atoms with Gasteiger partial charge in [-0.15, -0.1) is 0 Å². The molecule has 0 N–H and O–H groups in total. The number of benzene rings is 2. The molecule has 1 aliphatic heterocycles. The molecule has 1 fully saturated rings. The zero-order valence-electron chi connectivity index (χ0n) is 16.5. The molecule has 0 spiro atoms. The van der Waals surface area contributed by atoms with E-state index < -0.39 is 20.5 Å². The van der Waals surface area contributed by atoms with Crippen molar-refractivity contribution in [1.29, 1.82) is 0 Å². The molecule has 2 aromatic carbocycles. The molecule has 1 heterocycles. The summed E-state index contributed by atoms with van der Waals surface area (Å²) in [6.07, 6.45) is 0.881. The van der Waals surface area contributed by atoms with Crippen LogP contribution in [-0.4, -0.2) is 65.5 Å². The first kappa shape index (κ1) is 23.5. The first-order valence-electron chi connectivity index (χ1n) is 8.77. The van der Waals surface area contributed by atoms with Crippen LogP contribution in [0.1, 0.15) is 17.2 Å². The third-order valence-electron chi connectivity index (χ3n) is 4.61. The van der Waals surface area contributed by atoms with Crippen LogP contribution < -0.4 is 0 Å². The Hall–Kier alpha value is -1.82. The number of likely N-dealkylation sites (tertiary alicyclic amines) is 1. The van der Waals surface area contributed by atoms with Crippen molar-refractivity contribution in [2.45, 2.75) is 12.1 Å². The third-order valence-corrected chi connectivity index (χ3v) is 5.64. The van der Waals surface area contributed by atoms with Gasteiger partial charge in [0, 0.05) is 11.1 Å². The summed E-state index contributed by atoms with van der Waals surface area (Å²) >= 11 is 0. The standard InChI is InChI=1S/C18H22NO3S.CH4O4S/c1-19(13-17(14-19)22-23(2,20)21)18(15-9-5-3-6-10-15)16-11-7-4-8-12-16;1-5-6(2,3)4/h3-12,17-18H,13-14H2,1-2H3;1H3,(H,2,3,4)/q+1;/p-1. The lowest BCUT2D eigenvalue weighted by atomic mass is 9.91. The van der Waals surface area contributed by atoms with Crippen LogP contribution in [0.15, 0.2) is 60.7 Å². The van der Waals surface area contributed by atoms with Crippen LogP contribution in [-0.2, 0) is 28.9 Å². The zero-order chi connectivity index (χ0) is 21.7. The van der Waals surface area contributed by atoms with Gasteiger partial charge in [0.1, 0.15) is 19.1 Å². The molecule has 10 heteroatoms. The molecule has 2 aromatic rings. The van der Waals surface area contributed by atoms with Crippen molar-refractivity contribution in [3.05, 3.63) is 71.8 Å². The fraction of sp³-hybridized carbons (Fsp3) is 0.368.